The van der Waals surface area contributed by atoms with Crippen molar-refractivity contribution in [3.63, 3.8) is 0 Å². The number of likely N-dealkylation sites (tertiary alicyclic amines) is 1. The van der Waals surface area contributed by atoms with Crippen LogP contribution in [0.2, 0.25) is 0 Å². The molecule has 0 spiro atoms. The highest BCUT2D eigenvalue weighted by atomic mass is 16.6. The van der Waals surface area contributed by atoms with Crippen molar-refractivity contribution in [3.8, 4) is 17.0 Å². The number of aryl methyl sites for hydroxylation is 1. The summed E-state index contributed by atoms with van der Waals surface area (Å²) >= 11 is 0. The summed E-state index contributed by atoms with van der Waals surface area (Å²) in [7, 11) is 0. The Morgan fingerprint density at radius 3 is 2.54 bits per heavy atom. The van der Waals surface area contributed by atoms with Crippen LogP contribution in [0.15, 0.2) is 36.7 Å². The SMILES string of the molecule is CC(C)(C)OC(=O)N1CCC(O[C@H]2C[C@H](OCCCc3cn4cc(-c5ccccc5O)nc4nc3N)C2)CC1. The molecule has 0 radical (unpaired) electrons. The van der Waals surface area contributed by atoms with E-state index in [1.165, 1.54) is 0 Å². The molecule has 39 heavy (non-hydrogen) atoms. The number of hydrogen-bond acceptors (Lipinski definition) is 8. The number of hydrogen-bond donors (Lipinski definition) is 2. The highest BCUT2D eigenvalue weighted by molar-refractivity contribution is 5.69. The van der Waals surface area contributed by atoms with Gasteiger partial charge in [0.2, 0.25) is 5.78 Å². The number of carbonyl (C=O) groups excluding carboxylic acids is 1. The van der Waals surface area contributed by atoms with Crippen molar-refractivity contribution in [3.05, 3.63) is 42.2 Å². The number of para-hydroxylation sites is 1. The maximum Gasteiger partial charge on any atom is 0.410 e. The van der Waals surface area contributed by atoms with E-state index >= 15 is 0 Å². The minimum Gasteiger partial charge on any atom is -0.507 e. The van der Waals surface area contributed by atoms with Crippen LogP contribution in [0, 0.1) is 0 Å². The van der Waals surface area contributed by atoms with E-state index in [0.29, 0.717) is 42.5 Å². The molecular formula is C29H39N5O5. The van der Waals surface area contributed by atoms with Crippen molar-refractivity contribution in [2.45, 2.75) is 83.2 Å². The van der Waals surface area contributed by atoms with Crippen molar-refractivity contribution in [2.75, 3.05) is 25.4 Å². The Kier molecular flexibility index (Phi) is 7.95. The summed E-state index contributed by atoms with van der Waals surface area (Å²) in [5.41, 5.74) is 7.98. The van der Waals surface area contributed by atoms with Crippen molar-refractivity contribution in [1.29, 1.82) is 0 Å². The van der Waals surface area contributed by atoms with E-state index in [9.17, 15) is 9.90 Å². The van der Waals surface area contributed by atoms with Gasteiger partial charge in [-0.1, -0.05) is 12.1 Å². The molecule has 1 aliphatic heterocycles. The fourth-order valence-corrected chi connectivity index (χ4v) is 5.04. The molecule has 10 heteroatoms. The molecule has 3 heterocycles. The van der Waals surface area contributed by atoms with Gasteiger partial charge >= 0.3 is 6.09 Å². The predicted octanol–water partition coefficient (Wildman–Crippen LogP) is 4.58. The Morgan fingerprint density at radius 2 is 1.82 bits per heavy atom. The quantitative estimate of drug-likeness (QED) is 0.400. The molecule has 1 aromatic carbocycles. The molecular weight excluding hydrogens is 498 g/mol. The first kappa shape index (κ1) is 27.2. The Hall–Kier alpha value is -3.37. The third-order valence-corrected chi connectivity index (χ3v) is 7.21. The van der Waals surface area contributed by atoms with Gasteiger partial charge in [0, 0.05) is 43.2 Å². The first-order valence-electron chi connectivity index (χ1n) is 13.8. The van der Waals surface area contributed by atoms with Crippen molar-refractivity contribution < 1.29 is 24.1 Å². The minimum atomic E-state index is -0.471. The number of anilines is 1. The number of phenolic OH excluding ortho intramolecular Hbond substituents is 1. The van der Waals surface area contributed by atoms with Crippen LogP contribution in [0.1, 0.15) is 58.4 Å². The predicted molar refractivity (Wildman–Crippen MR) is 147 cm³/mol. The first-order chi connectivity index (χ1) is 18.6. The first-order valence-corrected chi connectivity index (χ1v) is 13.8. The van der Waals surface area contributed by atoms with Gasteiger partial charge in [-0.25, -0.2) is 9.78 Å². The Balaban J connectivity index is 1.01. The van der Waals surface area contributed by atoms with E-state index in [1.54, 1.807) is 17.0 Å². The van der Waals surface area contributed by atoms with Crippen LogP contribution in [0.5, 0.6) is 5.75 Å². The van der Waals surface area contributed by atoms with Crippen LogP contribution in [0.3, 0.4) is 0 Å². The number of nitrogen functional groups attached to an aromatic ring is 1. The number of ether oxygens (including phenoxy) is 3. The lowest BCUT2D eigenvalue weighted by Gasteiger charge is -2.40. The maximum absolute atomic E-state index is 12.2. The molecule has 3 aromatic rings. The molecule has 2 aliphatic rings. The van der Waals surface area contributed by atoms with Crippen LogP contribution in [-0.2, 0) is 20.6 Å². The number of fused-ring (bicyclic) bond motifs is 1. The number of phenols is 1. The molecule has 0 unspecified atom stereocenters. The number of aromatic nitrogens is 3. The number of benzene rings is 1. The van der Waals surface area contributed by atoms with E-state index in [0.717, 1.165) is 44.1 Å². The number of nitrogens with zero attached hydrogens (tertiary/aromatic N) is 4. The highest BCUT2D eigenvalue weighted by Gasteiger charge is 2.34. The zero-order valence-electron chi connectivity index (χ0n) is 23.0. The number of aromatic hydroxyl groups is 1. The lowest BCUT2D eigenvalue weighted by atomic mass is 9.91. The molecule has 10 nitrogen and oxygen atoms in total. The van der Waals surface area contributed by atoms with E-state index in [-0.39, 0.29) is 30.2 Å². The summed E-state index contributed by atoms with van der Waals surface area (Å²) in [6.07, 6.45) is 9.30. The minimum absolute atomic E-state index is 0.179. The van der Waals surface area contributed by atoms with Gasteiger partial charge in [0.05, 0.1) is 24.0 Å². The largest absolute Gasteiger partial charge is 0.507 e. The molecule has 1 saturated heterocycles. The van der Waals surface area contributed by atoms with Crippen LogP contribution < -0.4 is 5.73 Å². The summed E-state index contributed by atoms with van der Waals surface area (Å²) in [5.74, 6) is 1.15. The molecule has 2 aromatic heterocycles. The van der Waals surface area contributed by atoms with Crippen molar-refractivity contribution >= 4 is 17.7 Å². The summed E-state index contributed by atoms with van der Waals surface area (Å²) in [6.45, 7) is 7.65. The summed E-state index contributed by atoms with van der Waals surface area (Å²) in [4.78, 5) is 23.0. The zero-order valence-corrected chi connectivity index (χ0v) is 23.0. The molecule has 1 amide bonds. The van der Waals surface area contributed by atoms with Gasteiger partial charge in [-0.3, -0.25) is 4.40 Å². The fraction of sp³-hybridized carbons (Fsp3) is 0.552. The van der Waals surface area contributed by atoms with Gasteiger partial charge in [0.25, 0.3) is 0 Å². The normalized spacial score (nSPS) is 20.2. The monoisotopic (exact) mass is 537 g/mol. The molecule has 5 rings (SSSR count). The number of nitrogens with two attached hydrogens (primary N) is 1. The van der Waals surface area contributed by atoms with Crippen LogP contribution in [-0.4, -0.2) is 74.1 Å². The third-order valence-electron chi connectivity index (χ3n) is 7.21. The number of piperidine rings is 1. The molecule has 1 aliphatic carbocycles. The molecule has 210 valence electrons. The second-order valence-electron chi connectivity index (χ2n) is 11.5. The highest BCUT2D eigenvalue weighted by Crippen LogP contribution is 2.31. The second-order valence-corrected chi connectivity index (χ2v) is 11.5. The average Bonchev–Trinajstić information content (AvgIpc) is 3.26. The zero-order chi connectivity index (χ0) is 27.6. The average molecular weight is 538 g/mol. The van der Waals surface area contributed by atoms with Gasteiger partial charge < -0.3 is 30.0 Å². The summed E-state index contributed by atoms with van der Waals surface area (Å²) < 4.78 is 19.6. The topological polar surface area (TPSA) is 124 Å². The number of rotatable bonds is 8. The smallest absolute Gasteiger partial charge is 0.410 e. The summed E-state index contributed by atoms with van der Waals surface area (Å²) in [6, 6.07) is 7.10. The number of carbonyl (C=O) groups is 1. The van der Waals surface area contributed by atoms with Gasteiger partial charge in [0.15, 0.2) is 0 Å². The molecule has 0 atom stereocenters. The van der Waals surface area contributed by atoms with Gasteiger partial charge in [-0.2, -0.15) is 4.98 Å². The lowest BCUT2D eigenvalue weighted by Crippen LogP contribution is -2.46. The fourth-order valence-electron chi connectivity index (χ4n) is 5.04. The van der Waals surface area contributed by atoms with Gasteiger partial charge in [-0.05, 0) is 71.4 Å². The second kappa shape index (κ2) is 11.4. The summed E-state index contributed by atoms with van der Waals surface area (Å²) in [5, 5.41) is 10.1. The molecule has 0 bridgehead atoms. The van der Waals surface area contributed by atoms with Gasteiger partial charge in [-0.15, -0.1) is 0 Å². The number of imidazole rings is 1. The van der Waals surface area contributed by atoms with Crippen molar-refractivity contribution in [1.82, 2.24) is 19.3 Å². The van der Waals surface area contributed by atoms with Crippen LogP contribution in [0.4, 0.5) is 10.6 Å². The molecule has 3 N–H and O–H groups in total. The number of amides is 1. The molecule has 1 saturated carbocycles. The molecule has 2 fully saturated rings. The van der Waals surface area contributed by atoms with Crippen LogP contribution >= 0.6 is 0 Å². The van der Waals surface area contributed by atoms with Crippen molar-refractivity contribution in [2.24, 2.45) is 0 Å². The maximum atomic E-state index is 12.2. The van der Waals surface area contributed by atoms with Gasteiger partial charge in [0.1, 0.15) is 17.2 Å². The van der Waals surface area contributed by atoms with E-state index < -0.39 is 5.60 Å². The third kappa shape index (κ3) is 6.80. The van der Waals surface area contributed by atoms with E-state index in [2.05, 4.69) is 9.97 Å². The Labute approximate surface area is 229 Å². The van der Waals surface area contributed by atoms with E-state index in [4.69, 9.17) is 19.9 Å². The lowest BCUT2D eigenvalue weighted by molar-refractivity contribution is -0.134. The van der Waals surface area contributed by atoms with E-state index in [1.807, 2.05) is 49.7 Å². The Morgan fingerprint density at radius 1 is 1.08 bits per heavy atom. The standard InChI is InChI=1S/C29H39N5O5/c1-29(2,3)39-28(36)33-12-10-20(11-13-33)38-22-15-21(16-22)37-14-6-7-19-17-34-18-24(31-27(34)32-26(19)30)23-8-4-5-9-25(23)35/h4-5,8-9,17-18,20-22,35H,6-7,10-16H2,1-3H3,(H2,30,31,32)/t21-,22-. The Bertz CT molecular complexity index is 1290. The van der Waals surface area contributed by atoms with Crippen LogP contribution in [0.25, 0.3) is 17.0 Å².